The zero-order valence-corrected chi connectivity index (χ0v) is 11.6. The van der Waals surface area contributed by atoms with Gasteiger partial charge >= 0.3 is 0 Å². The summed E-state index contributed by atoms with van der Waals surface area (Å²) in [6.07, 6.45) is 0. The molecule has 7 heteroatoms. The van der Waals surface area contributed by atoms with Gasteiger partial charge in [0.25, 0.3) is 0 Å². The normalized spacial score (nSPS) is 16.1. The molecule has 0 bridgehead atoms. The Hall–Kier alpha value is -1.86. The first-order chi connectivity index (χ1) is 9.69. The van der Waals surface area contributed by atoms with Crippen molar-refractivity contribution in [2.75, 3.05) is 56.8 Å². The first kappa shape index (κ1) is 14.5. The SMILES string of the molecule is COCCN1CCN(c2cccc(N[N+](=O)[O-])c2)CC1. The summed E-state index contributed by atoms with van der Waals surface area (Å²) >= 11 is 0. The van der Waals surface area contributed by atoms with Crippen LogP contribution < -0.4 is 10.3 Å². The van der Waals surface area contributed by atoms with Crippen LogP contribution in [0.4, 0.5) is 11.4 Å². The minimum atomic E-state index is -0.540. The van der Waals surface area contributed by atoms with Gasteiger partial charge in [0, 0.05) is 45.5 Å². The van der Waals surface area contributed by atoms with Crippen LogP contribution in [0.25, 0.3) is 0 Å². The molecule has 0 aliphatic carbocycles. The number of ether oxygens (including phenoxy) is 1. The number of nitrogens with zero attached hydrogens (tertiary/aromatic N) is 3. The highest BCUT2D eigenvalue weighted by Gasteiger charge is 2.17. The van der Waals surface area contributed by atoms with Gasteiger partial charge in [-0.05, 0) is 18.2 Å². The van der Waals surface area contributed by atoms with Gasteiger partial charge in [0.05, 0.1) is 6.61 Å². The standard InChI is InChI=1S/C13H20N4O3/c1-20-10-9-15-5-7-16(8-6-15)13-4-2-3-12(11-13)14-17(18)19/h2-4,11,14H,5-10H2,1H3. The first-order valence-electron chi connectivity index (χ1n) is 6.66. The summed E-state index contributed by atoms with van der Waals surface area (Å²) in [5, 5.41) is 9.92. The lowest BCUT2D eigenvalue weighted by Crippen LogP contribution is -2.47. The lowest BCUT2D eigenvalue weighted by Gasteiger charge is -2.36. The van der Waals surface area contributed by atoms with Crippen molar-refractivity contribution < 1.29 is 9.77 Å². The van der Waals surface area contributed by atoms with Crippen molar-refractivity contribution >= 4 is 11.4 Å². The smallest absolute Gasteiger partial charge is 0.162 e. The predicted molar refractivity (Wildman–Crippen MR) is 77.6 cm³/mol. The van der Waals surface area contributed by atoms with Gasteiger partial charge in [-0.25, -0.2) is 10.1 Å². The molecule has 1 heterocycles. The Labute approximate surface area is 118 Å². The number of piperazine rings is 1. The van der Waals surface area contributed by atoms with Gasteiger partial charge in [-0.1, -0.05) is 6.07 Å². The summed E-state index contributed by atoms with van der Waals surface area (Å²) in [5.41, 5.74) is 3.72. The van der Waals surface area contributed by atoms with Gasteiger partial charge in [0.1, 0.15) is 5.69 Å². The fraction of sp³-hybridized carbons (Fsp3) is 0.538. The van der Waals surface area contributed by atoms with Crippen LogP contribution in [0.15, 0.2) is 24.3 Å². The Bertz CT molecular complexity index is 447. The first-order valence-corrected chi connectivity index (χ1v) is 6.66. The topological polar surface area (TPSA) is 70.9 Å². The van der Waals surface area contributed by atoms with Crippen molar-refractivity contribution in [2.45, 2.75) is 0 Å². The highest BCUT2D eigenvalue weighted by molar-refractivity contribution is 5.57. The van der Waals surface area contributed by atoms with Crippen molar-refractivity contribution in [2.24, 2.45) is 0 Å². The Morgan fingerprint density at radius 3 is 2.75 bits per heavy atom. The quantitative estimate of drug-likeness (QED) is 0.620. The van der Waals surface area contributed by atoms with Gasteiger partial charge in [-0.3, -0.25) is 4.90 Å². The molecule has 0 spiro atoms. The second-order valence-corrected chi connectivity index (χ2v) is 4.74. The van der Waals surface area contributed by atoms with Crippen molar-refractivity contribution in [1.82, 2.24) is 4.90 Å². The number of hydrogen-bond donors (Lipinski definition) is 1. The molecule has 1 N–H and O–H groups in total. The summed E-state index contributed by atoms with van der Waals surface area (Å²) in [6, 6.07) is 7.32. The van der Waals surface area contributed by atoms with E-state index in [-0.39, 0.29) is 0 Å². The number of methoxy groups -OCH3 is 1. The van der Waals surface area contributed by atoms with Crippen molar-refractivity contribution in [3.05, 3.63) is 34.4 Å². The molecule has 20 heavy (non-hydrogen) atoms. The average molecular weight is 280 g/mol. The maximum Gasteiger partial charge on any atom is 0.162 e. The number of nitro groups is 1. The van der Waals surface area contributed by atoms with Crippen molar-refractivity contribution in [3.8, 4) is 0 Å². The van der Waals surface area contributed by atoms with E-state index in [4.69, 9.17) is 4.74 Å². The third kappa shape index (κ3) is 4.07. The second-order valence-electron chi connectivity index (χ2n) is 4.74. The van der Waals surface area contributed by atoms with Crippen LogP contribution in [0.2, 0.25) is 0 Å². The van der Waals surface area contributed by atoms with E-state index in [1.54, 1.807) is 13.2 Å². The van der Waals surface area contributed by atoms with Crippen LogP contribution in [0.3, 0.4) is 0 Å². The molecule has 0 saturated carbocycles. The molecule has 0 amide bonds. The predicted octanol–water partition coefficient (Wildman–Crippen LogP) is 1.06. The molecule has 0 radical (unpaired) electrons. The Morgan fingerprint density at radius 2 is 2.10 bits per heavy atom. The average Bonchev–Trinajstić information content (AvgIpc) is 2.45. The summed E-state index contributed by atoms with van der Waals surface area (Å²) in [4.78, 5) is 15.1. The van der Waals surface area contributed by atoms with Crippen LogP contribution in [-0.4, -0.2) is 56.4 Å². The van der Waals surface area contributed by atoms with E-state index in [1.807, 2.05) is 18.2 Å². The van der Waals surface area contributed by atoms with Gasteiger partial charge in [-0.2, -0.15) is 0 Å². The fourth-order valence-electron chi connectivity index (χ4n) is 2.33. The number of benzene rings is 1. The number of hydrogen-bond acceptors (Lipinski definition) is 5. The molecule has 110 valence electrons. The van der Waals surface area contributed by atoms with E-state index in [1.165, 1.54) is 0 Å². The third-order valence-electron chi connectivity index (χ3n) is 3.42. The zero-order valence-electron chi connectivity index (χ0n) is 11.6. The monoisotopic (exact) mass is 280 g/mol. The Kier molecular flexibility index (Phi) is 5.14. The van der Waals surface area contributed by atoms with Gasteiger partial charge in [0.2, 0.25) is 0 Å². The molecule has 1 aliphatic heterocycles. The van der Waals surface area contributed by atoms with Crippen molar-refractivity contribution in [3.63, 3.8) is 0 Å². The zero-order chi connectivity index (χ0) is 14.4. The summed E-state index contributed by atoms with van der Waals surface area (Å²) < 4.78 is 5.08. The molecule has 2 rings (SSSR count). The third-order valence-corrected chi connectivity index (χ3v) is 3.42. The number of rotatable bonds is 6. The maximum absolute atomic E-state index is 10.5. The van der Waals surface area contributed by atoms with Gasteiger partial charge in [0.15, 0.2) is 5.03 Å². The number of anilines is 2. The fourth-order valence-corrected chi connectivity index (χ4v) is 2.33. The van der Waals surface area contributed by atoms with Gasteiger partial charge < -0.3 is 9.64 Å². The van der Waals surface area contributed by atoms with Crippen molar-refractivity contribution in [1.29, 1.82) is 0 Å². The number of nitrogens with one attached hydrogen (secondary N) is 1. The van der Waals surface area contributed by atoms with E-state index in [0.717, 1.165) is 45.0 Å². The summed E-state index contributed by atoms with van der Waals surface area (Å²) in [6.45, 7) is 5.51. The van der Waals surface area contributed by atoms with Crippen LogP contribution >= 0.6 is 0 Å². The molecule has 1 aliphatic rings. The molecule has 7 nitrogen and oxygen atoms in total. The molecule has 1 aromatic carbocycles. The van der Waals surface area contributed by atoms with Crippen LogP contribution in [0.5, 0.6) is 0 Å². The highest BCUT2D eigenvalue weighted by atomic mass is 16.7. The molecular formula is C13H20N4O3. The number of hydrazine groups is 1. The molecule has 1 aromatic rings. The maximum atomic E-state index is 10.5. The highest BCUT2D eigenvalue weighted by Crippen LogP contribution is 2.20. The Balaban J connectivity index is 1.91. The minimum Gasteiger partial charge on any atom is -0.383 e. The van der Waals surface area contributed by atoms with E-state index >= 15 is 0 Å². The van der Waals surface area contributed by atoms with Crippen LogP contribution in [0, 0.1) is 10.1 Å². The minimum absolute atomic E-state index is 0.509. The molecule has 0 aromatic heterocycles. The molecular weight excluding hydrogens is 260 g/mol. The molecule has 0 unspecified atom stereocenters. The summed E-state index contributed by atoms with van der Waals surface area (Å²) in [5.74, 6) is 0. The van der Waals surface area contributed by atoms with E-state index in [2.05, 4.69) is 15.2 Å². The molecule has 1 fully saturated rings. The second kappa shape index (κ2) is 7.06. The molecule has 0 atom stereocenters. The lowest BCUT2D eigenvalue weighted by molar-refractivity contribution is -0.445. The summed E-state index contributed by atoms with van der Waals surface area (Å²) in [7, 11) is 1.71. The molecule has 1 saturated heterocycles. The van der Waals surface area contributed by atoms with E-state index in [9.17, 15) is 10.1 Å². The van der Waals surface area contributed by atoms with Crippen LogP contribution in [0.1, 0.15) is 0 Å². The lowest BCUT2D eigenvalue weighted by atomic mass is 10.2. The van der Waals surface area contributed by atoms with E-state index < -0.39 is 5.03 Å². The van der Waals surface area contributed by atoms with E-state index in [0.29, 0.717) is 5.69 Å². The van der Waals surface area contributed by atoms with Crippen LogP contribution in [-0.2, 0) is 4.74 Å². The largest absolute Gasteiger partial charge is 0.383 e. The van der Waals surface area contributed by atoms with Gasteiger partial charge in [-0.15, -0.1) is 5.43 Å². The Morgan fingerprint density at radius 1 is 1.35 bits per heavy atom.